The SMILES string of the molecule is CCc1cc(NC23CC4CC(CC(O)(C4)C2)C3)nc(N2CCCC2)n1. The summed E-state index contributed by atoms with van der Waals surface area (Å²) in [6.07, 6.45) is 10.0. The normalized spacial score (nSPS) is 39.2. The molecule has 5 heteroatoms. The molecule has 0 spiro atoms. The molecule has 1 aliphatic heterocycles. The molecule has 1 aromatic heterocycles. The van der Waals surface area contributed by atoms with Crippen molar-refractivity contribution in [3.8, 4) is 0 Å². The van der Waals surface area contributed by atoms with Crippen molar-refractivity contribution in [3.63, 3.8) is 0 Å². The van der Waals surface area contributed by atoms with Gasteiger partial charge in [0.1, 0.15) is 5.82 Å². The molecule has 5 aliphatic rings. The summed E-state index contributed by atoms with van der Waals surface area (Å²) in [5.74, 6) is 3.23. The first-order chi connectivity index (χ1) is 12.0. The van der Waals surface area contributed by atoms with Gasteiger partial charge in [-0.25, -0.2) is 4.98 Å². The van der Waals surface area contributed by atoms with Crippen molar-refractivity contribution in [1.29, 1.82) is 0 Å². The highest BCUT2D eigenvalue weighted by Gasteiger charge is 2.57. The fourth-order valence-electron chi connectivity index (χ4n) is 6.42. The van der Waals surface area contributed by atoms with E-state index in [0.29, 0.717) is 11.8 Å². The van der Waals surface area contributed by atoms with E-state index in [-0.39, 0.29) is 5.54 Å². The molecule has 4 bridgehead atoms. The van der Waals surface area contributed by atoms with Crippen LogP contribution in [0.1, 0.15) is 64.0 Å². The molecule has 4 saturated carbocycles. The lowest BCUT2D eigenvalue weighted by molar-refractivity contribution is -0.127. The van der Waals surface area contributed by atoms with Gasteiger partial charge in [0.15, 0.2) is 0 Å². The number of rotatable bonds is 4. The third kappa shape index (κ3) is 2.80. The van der Waals surface area contributed by atoms with Crippen LogP contribution in [0.2, 0.25) is 0 Å². The fraction of sp³-hybridized carbons (Fsp3) is 0.800. The van der Waals surface area contributed by atoms with Gasteiger partial charge >= 0.3 is 0 Å². The molecule has 5 fully saturated rings. The van der Waals surface area contributed by atoms with Gasteiger partial charge in [0.25, 0.3) is 0 Å². The van der Waals surface area contributed by atoms with Crippen LogP contribution < -0.4 is 10.2 Å². The Balaban J connectivity index is 1.44. The average Bonchev–Trinajstić information content (AvgIpc) is 3.06. The number of anilines is 2. The summed E-state index contributed by atoms with van der Waals surface area (Å²) in [7, 11) is 0. The molecule has 5 nitrogen and oxygen atoms in total. The van der Waals surface area contributed by atoms with Crippen LogP contribution in [-0.4, -0.2) is 39.3 Å². The van der Waals surface area contributed by atoms with E-state index >= 15 is 0 Å². The Bertz CT molecular complexity index is 656. The zero-order chi connectivity index (χ0) is 17.1. The first-order valence-electron chi connectivity index (χ1n) is 10.2. The summed E-state index contributed by atoms with van der Waals surface area (Å²) in [4.78, 5) is 12.0. The van der Waals surface area contributed by atoms with Crippen molar-refractivity contribution in [2.24, 2.45) is 11.8 Å². The van der Waals surface area contributed by atoms with Gasteiger partial charge in [-0.05, 0) is 69.6 Å². The maximum Gasteiger partial charge on any atom is 0.227 e. The lowest BCUT2D eigenvalue weighted by Gasteiger charge is -2.60. The van der Waals surface area contributed by atoms with Crippen LogP contribution in [-0.2, 0) is 6.42 Å². The number of aromatic nitrogens is 2. The van der Waals surface area contributed by atoms with Crippen LogP contribution in [0.3, 0.4) is 0 Å². The Morgan fingerprint density at radius 1 is 1.16 bits per heavy atom. The molecular weight excluding hydrogens is 312 g/mol. The van der Waals surface area contributed by atoms with E-state index in [2.05, 4.69) is 23.2 Å². The molecule has 2 heterocycles. The van der Waals surface area contributed by atoms with Gasteiger partial charge in [-0.1, -0.05) is 6.92 Å². The van der Waals surface area contributed by atoms with Crippen LogP contribution in [0.15, 0.2) is 6.07 Å². The van der Waals surface area contributed by atoms with E-state index in [0.717, 1.165) is 56.2 Å². The summed E-state index contributed by atoms with van der Waals surface area (Å²) >= 11 is 0. The highest BCUT2D eigenvalue weighted by Crippen LogP contribution is 2.58. The third-order valence-electron chi connectivity index (χ3n) is 6.94. The highest BCUT2D eigenvalue weighted by molar-refractivity contribution is 5.47. The smallest absolute Gasteiger partial charge is 0.227 e. The number of hydrogen-bond acceptors (Lipinski definition) is 5. The molecule has 2 atom stereocenters. The maximum absolute atomic E-state index is 11.0. The van der Waals surface area contributed by atoms with Gasteiger partial charge in [-0.2, -0.15) is 4.98 Å². The Kier molecular flexibility index (Phi) is 3.53. The number of aryl methyl sites for hydroxylation is 1. The van der Waals surface area contributed by atoms with Crippen LogP contribution >= 0.6 is 0 Å². The van der Waals surface area contributed by atoms with Gasteiger partial charge < -0.3 is 15.3 Å². The molecule has 0 amide bonds. The second kappa shape index (κ2) is 5.57. The Morgan fingerprint density at radius 2 is 1.88 bits per heavy atom. The van der Waals surface area contributed by atoms with Crippen molar-refractivity contribution in [1.82, 2.24) is 9.97 Å². The first-order valence-corrected chi connectivity index (χ1v) is 10.2. The minimum atomic E-state index is -0.435. The maximum atomic E-state index is 11.0. The van der Waals surface area contributed by atoms with Crippen molar-refractivity contribution >= 4 is 11.8 Å². The molecule has 0 radical (unpaired) electrons. The predicted octanol–water partition coefficient (Wildman–Crippen LogP) is 3.13. The van der Waals surface area contributed by atoms with E-state index in [1.54, 1.807) is 0 Å². The molecule has 6 rings (SSSR count). The number of nitrogens with zero attached hydrogens (tertiary/aromatic N) is 3. The lowest BCUT2D eigenvalue weighted by Crippen LogP contribution is -2.62. The topological polar surface area (TPSA) is 61.3 Å². The van der Waals surface area contributed by atoms with Crippen molar-refractivity contribution in [3.05, 3.63) is 11.8 Å². The minimum Gasteiger partial charge on any atom is -0.390 e. The van der Waals surface area contributed by atoms with E-state index < -0.39 is 5.60 Å². The molecule has 2 N–H and O–H groups in total. The van der Waals surface area contributed by atoms with Crippen LogP contribution in [0, 0.1) is 11.8 Å². The van der Waals surface area contributed by atoms with Crippen LogP contribution in [0.5, 0.6) is 0 Å². The molecular formula is C20H30N4O. The van der Waals surface area contributed by atoms with Gasteiger partial charge in [-0.3, -0.25) is 0 Å². The Hall–Kier alpha value is -1.36. The number of aliphatic hydroxyl groups is 1. The average molecular weight is 342 g/mol. The highest BCUT2D eigenvalue weighted by atomic mass is 16.3. The molecule has 25 heavy (non-hydrogen) atoms. The summed E-state index contributed by atoms with van der Waals surface area (Å²) in [5, 5.41) is 14.8. The predicted molar refractivity (Wildman–Crippen MR) is 98.8 cm³/mol. The van der Waals surface area contributed by atoms with Gasteiger partial charge in [0.05, 0.1) is 5.60 Å². The van der Waals surface area contributed by atoms with E-state index in [4.69, 9.17) is 9.97 Å². The molecule has 0 aromatic carbocycles. The minimum absolute atomic E-state index is 0.0421. The summed E-state index contributed by atoms with van der Waals surface area (Å²) in [5.41, 5.74) is 0.721. The molecule has 136 valence electrons. The van der Waals surface area contributed by atoms with E-state index in [1.807, 2.05) is 0 Å². The standard InChI is InChI=1S/C20H30N4O/c1-2-16-8-17(22-18(21-16)24-5-3-4-6-24)23-19-9-14-7-15(10-19)12-20(25,11-14)13-19/h8,14-15,25H,2-7,9-13H2,1H3,(H,21,22,23). The van der Waals surface area contributed by atoms with Gasteiger partial charge in [0, 0.05) is 30.4 Å². The third-order valence-corrected chi connectivity index (χ3v) is 6.94. The van der Waals surface area contributed by atoms with Crippen molar-refractivity contribution in [2.75, 3.05) is 23.3 Å². The van der Waals surface area contributed by atoms with E-state index in [1.165, 1.54) is 32.1 Å². The largest absolute Gasteiger partial charge is 0.390 e. The van der Waals surface area contributed by atoms with Crippen molar-refractivity contribution in [2.45, 2.75) is 75.9 Å². The van der Waals surface area contributed by atoms with Gasteiger partial charge in [-0.15, -0.1) is 0 Å². The quantitative estimate of drug-likeness (QED) is 0.880. The number of nitrogens with one attached hydrogen (secondary N) is 1. The zero-order valence-electron chi connectivity index (χ0n) is 15.3. The van der Waals surface area contributed by atoms with Crippen LogP contribution in [0.25, 0.3) is 0 Å². The van der Waals surface area contributed by atoms with E-state index in [9.17, 15) is 5.11 Å². The monoisotopic (exact) mass is 342 g/mol. The van der Waals surface area contributed by atoms with Gasteiger partial charge in [0.2, 0.25) is 5.95 Å². The molecule has 1 aromatic rings. The van der Waals surface area contributed by atoms with Crippen molar-refractivity contribution < 1.29 is 5.11 Å². The summed E-state index contributed by atoms with van der Waals surface area (Å²) in [6, 6.07) is 2.13. The Morgan fingerprint density at radius 3 is 2.52 bits per heavy atom. The fourth-order valence-corrected chi connectivity index (χ4v) is 6.42. The summed E-state index contributed by atoms with van der Waals surface area (Å²) in [6.45, 7) is 4.30. The van der Waals surface area contributed by atoms with Crippen LogP contribution in [0.4, 0.5) is 11.8 Å². The molecule has 4 aliphatic carbocycles. The second-order valence-corrected chi connectivity index (χ2v) is 9.18. The second-order valence-electron chi connectivity index (χ2n) is 9.18. The Labute approximate surface area is 150 Å². The molecule has 2 unspecified atom stereocenters. The first kappa shape index (κ1) is 15.9. The number of hydrogen-bond donors (Lipinski definition) is 2. The lowest BCUT2D eigenvalue weighted by atomic mass is 9.51. The zero-order valence-corrected chi connectivity index (χ0v) is 15.3. The summed E-state index contributed by atoms with van der Waals surface area (Å²) < 4.78 is 0. The molecule has 1 saturated heterocycles.